The predicted octanol–water partition coefficient (Wildman–Crippen LogP) is 13.9. The Labute approximate surface area is 399 Å². The van der Waals surface area contributed by atoms with Gasteiger partial charge in [-0.2, -0.15) is 0 Å². The Morgan fingerprint density at radius 3 is 1.51 bits per heavy atom. The van der Waals surface area contributed by atoms with Crippen LogP contribution in [0.25, 0.3) is 0 Å². The second-order valence-corrected chi connectivity index (χ2v) is 23.8. The number of carbonyl (C=O) groups is 2. The fourth-order valence-corrected chi connectivity index (χ4v) is 16.9. The van der Waals surface area contributed by atoms with E-state index in [0.717, 1.165) is 92.8 Å². The van der Waals surface area contributed by atoms with Gasteiger partial charge >= 0.3 is 0 Å². The van der Waals surface area contributed by atoms with E-state index in [1.54, 1.807) is 50.6 Å². The van der Waals surface area contributed by atoms with Crippen LogP contribution in [0.1, 0.15) is 168 Å². The summed E-state index contributed by atoms with van der Waals surface area (Å²) in [6.45, 7) is 8.78. The molecule has 0 aliphatic heterocycles. The van der Waals surface area contributed by atoms with Crippen molar-refractivity contribution in [3.05, 3.63) is 70.2 Å². The van der Waals surface area contributed by atoms with Crippen LogP contribution in [0, 0.1) is 93.5 Å². The first-order chi connectivity index (χ1) is 29.9. The maximum Gasteiger partial charge on any atom is 0.249 e. The summed E-state index contributed by atoms with van der Waals surface area (Å²) in [7, 11) is 3.34. The molecule has 6 nitrogen and oxygen atoms in total. The van der Waals surface area contributed by atoms with Gasteiger partial charge in [0.05, 0.1) is 28.3 Å². The van der Waals surface area contributed by atoms with Gasteiger partial charge in [0, 0.05) is 18.9 Å². The number of hydrogen-bond acceptors (Lipinski definition) is 5. The van der Waals surface area contributed by atoms with Crippen LogP contribution in [0.3, 0.4) is 0 Å². The highest BCUT2D eigenvalue weighted by Gasteiger charge is 2.61. The lowest BCUT2D eigenvalue weighted by molar-refractivity contribution is -0.180. The predicted molar refractivity (Wildman–Crippen MR) is 261 cm³/mol. The van der Waals surface area contributed by atoms with E-state index in [-0.39, 0.29) is 60.8 Å². The van der Waals surface area contributed by atoms with Crippen LogP contribution in [0.4, 0.5) is 8.78 Å². The molecule has 10 rings (SSSR count). The Morgan fingerprint density at radius 2 is 1.05 bits per heavy atom. The van der Waals surface area contributed by atoms with E-state index >= 15 is 0 Å². The summed E-state index contributed by atoms with van der Waals surface area (Å²) in [5, 5.41) is 22.5. The largest absolute Gasteiger partial charge is 0.390 e. The van der Waals surface area contributed by atoms with Gasteiger partial charge in [-0.1, -0.05) is 53.0 Å². The third-order valence-corrected chi connectivity index (χ3v) is 20.3. The zero-order valence-corrected chi connectivity index (χ0v) is 40.6. The number of amides is 1. The van der Waals surface area contributed by atoms with Gasteiger partial charge in [0.25, 0.3) is 0 Å². The van der Waals surface area contributed by atoms with Crippen molar-refractivity contribution in [3.8, 4) is 0 Å². The number of hydrogen-bond donors (Lipinski definition) is 2. The minimum atomic E-state index is -0.470. The van der Waals surface area contributed by atoms with Crippen molar-refractivity contribution in [3.63, 3.8) is 0 Å². The second-order valence-electron chi connectivity index (χ2n) is 23.0. The van der Waals surface area contributed by atoms with E-state index < -0.39 is 11.2 Å². The molecular formula is C56H84BrF2NO5. The summed E-state index contributed by atoms with van der Waals surface area (Å²) in [6.07, 6.45) is 20.4. The Hall–Kier alpha value is -2.20. The van der Waals surface area contributed by atoms with Gasteiger partial charge in [-0.25, -0.2) is 13.8 Å². The van der Waals surface area contributed by atoms with Gasteiger partial charge < -0.3 is 10.2 Å². The molecule has 8 saturated carbocycles. The smallest absolute Gasteiger partial charge is 0.249 e. The van der Waals surface area contributed by atoms with Gasteiger partial charge in [-0.15, -0.1) is 0 Å². The molecule has 8 aliphatic rings. The summed E-state index contributed by atoms with van der Waals surface area (Å²) in [5.41, 5.74) is -0.445. The molecule has 2 aromatic carbocycles. The molecule has 16 atom stereocenters. The van der Waals surface area contributed by atoms with Gasteiger partial charge in [-0.3, -0.25) is 14.4 Å². The molecule has 8 fully saturated rings. The number of halogens is 3. The van der Waals surface area contributed by atoms with Crippen molar-refractivity contribution in [1.29, 1.82) is 0 Å². The number of benzene rings is 2. The summed E-state index contributed by atoms with van der Waals surface area (Å²) in [4.78, 5) is 31.4. The van der Waals surface area contributed by atoms with Gasteiger partial charge in [-0.05, 0) is 240 Å². The first kappa shape index (κ1) is 52.2. The maximum atomic E-state index is 14.3. The van der Waals surface area contributed by atoms with Crippen molar-refractivity contribution < 1.29 is 33.4 Å². The number of ketones is 1. The topological polar surface area (TPSA) is 87.1 Å². The Balaban J connectivity index is 0.000000180. The molecule has 8 aliphatic carbocycles. The van der Waals surface area contributed by atoms with Crippen LogP contribution in [0.5, 0.6) is 0 Å². The van der Waals surface area contributed by atoms with Gasteiger partial charge in [0.15, 0.2) is 5.78 Å². The highest BCUT2D eigenvalue weighted by Crippen LogP contribution is 2.66. The minimum Gasteiger partial charge on any atom is -0.390 e. The average molecular weight is 969 g/mol. The first-order valence-electron chi connectivity index (χ1n) is 24.8. The van der Waals surface area contributed by atoms with E-state index in [4.69, 9.17) is 4.84 Å². The highest BCUT2D eigenvalue weighted by molar-refractivity contribution is 9.10. The Bertz CT molecular complexity index is 1940. The summed E-state index contributed by atoms with van der Waals surface area (Å²) >= 11 is 3.02. The normalized spacial score (nSPS) is 42.1. The van der Waals surface area contributed by atoms with Crippen molar-refractivity contribution in [2.24, 2.45) is 81.8 Å². The minimum absolute atomic E-state index is 0. The van der Waals surface area contributed by atoms with Crippen molar-refractivity contribution >= 4 is 27.6 Å². The SMILES string of the molecule is C.C.CON(C)C(=O)[C@H]1CC[C@H]2[C@@H]3CC[C@@H]4C[C@](C)(O)CC[C@@H]4[C@H]3CC[C@]12C.C[C@@]1(O)CC[C@H]2[C@H](CC[C@@H]3[C@@H]2CC[C@]2(C)[C@@H](C(=O)c4ccccc4F)CC[C@@H]32)C1.Fc1ccccc1Br. The Morgan fingerprint density at radius 1 is 0.600 bits per heavy atom. The van der Waals surface area contributed by atoms with Crippen LogP contribution in [0.2, 0.25) is 0 Å². The molecule has 0 bridgehead atoms. The zero-order valence-electron chi connectivity index (χ0n) is 39.0. The summed E-state index contributed by atoms with van der Waals surface area (Å²) in [6, 6.07) is 13.0. The molecule has 0 radical (unpaired) electrons. The van der Waals surface area contributed by atoms with Crippen molar-refractivity contribution in [1.82, 2.24) is 5.06 Å². The maximum absolute atomic E-state index is 14.3. The number of hydroxylamine groups is 2. The third kappa shape index (κ3) is 10.1. The van der Waals surface area contributed by atoms with E-state index in [0.29, 0.717) is 27.8 Å². The van der Waals surface area contributed by atoms with Crippen molar-refractivity contribution in [2.45, 2.75) is 169 Å². The standard InChI is InChI=1S/C26H35FO2.C22H37NO3.C6H4BrF.2CH4/c1-25(29)13-11-17-16(15-25)7-8-19-18(17)12-14-26(2)21(19)9-10-22(26)24(28)20-5-3-4-6-23(20)27;1-21(25)11-9-15-14(13-21)5-6-17-16(15)10-12-22(2)18(17)7-8-19(22)20(24)23(3)26-4;7-5-3-1-2-4-6(5)8;;/h3-6,16-19,21-22,29H,7-15H2,1-2H3;14-19,25H,5-13H2,1-4H3;1-4H;2*1H4/t16-,17+,18-,19-,21+,22-,25-,26+;14-,15+,16-,17-,18+,19-,21-,22+;;;/m11.../s1. The first-order valence-corrected chi connectivity index (χ1v) is 25.6. The van der Waals surface area contributed by atoms with Crippen LogP contribution in [0.15, 0.2) is 53.0 Å². The quantitative estimate of drug-likeness (QED) is 0.235. The third-order valence-electron chi connectivity index (χ3n) is 19.6. The fourth-order valence-electron chi connectivity index (χ4n) is 16.6. The second kappa shape index (κ2) is 20.4. The Kier molecular flexibility index (Phi) is 16.4. The van der Waals surface area contributed by atoms with Gasteiger partial charge in [0.2, 0.25) is 5.91 Å². The van der Waals surface area contributed by atoms with Gasteiger partial charge in [0.1, 0.15) is 11.6 Å². The van der Waals surface area contributed by atoms with E-state index in [1.807, 2.05) is 13.8 Å². The lowest BCUT2D eigenvalue weighted by Gasteiger charge is -2.56. The molecule has 0 saturated heterocycles. The number of rotatable bonds is 4. The number of fused-ring (bicyclic) bond motifs is 10. The monoisotopic (exact) mass is 968 g/mol. The summed E-state index contributed by atoms with van der Waals surface area (Å²) < 4.78 is 27.1. The molecular weight excluding hydrogens is 885 g/mol. The molecule has 0 spiro atoms. The molecule has 65 heavy (non-hydrogen) atoms. The number of Topliss-reactive ketones (excluding diaryl/α,β-unsaturated/α-hetero) is 1. The molecule has 0 aromatic heterocycles. The molecule has 1 amide bonds. The number of carbonyl (C=O) groups excluding carboxylic acids is 2. The molecule has 0 heterocycles. The number of aliphatic hydroxyl groups is 2. The molecule has 2 N–H and O–H groups in total. The lowest BCUT2D eigenvalue weighted by Crippen LogP contribution is -2.51. The zero-order chi connectivity index (χ0) is 45.1. The van der Waals surface area contributed by atoms with Crippen LogP contribution in [-0.4, -0.2) is 52.3 Å². The van der Waals surface area contributed by atoms with Crippen LogP contribution < -0.4 is 0 Å². The van der Waals surface area contributed by atoms with E-state index in [2.05, 4.69) is 29.8 Å². The van der Waals surface area contributed by atoms with E-state index in [1.165, 1.54) is 81.4 Å². The number of nitrogens with zero attached hydrogens (tertiary/aromatic N) is 1. The van der Waals surface area contributed by atoms with Crippen LogP contribution >= 0.6 is 15.9 Å². The lowest BCUT2D eigenvalue weighted by atomic mass is 9.49. The fraction of sp³-hybridized carbons (Fsp3) is 0.750. The highest BCUT2D eigenvalue weighted by atomic mass is 79.9. The molecule has 364 valence electrons. The molecule has 2 aromatic rings. The average Bonchev–Trinajstić information content (AvgIpc) is 3.80. The van der Waals surface area contributed by atoms with Crippen LogP contribution in [-0.2, 0) is 9.63 Å². The van der Waals surface area contributed by atoms with E-state index in [9.17, 15) is 28.6 Å². The van der Waals surface area contributed by atoms with Crippen molar-refractivity contribution in [2.75, 3.05) is 14.2 Å². The molecule has 9 heteroatoms. The molecule has 0 unspecified atom stereocenters. The summed E-state index contributed by atoms with van der Waals surface area (Å²) in [5.74, 6) is 7.13.